The van der Waals surface area contributed by atoms with E-state index < -0.39 is 0 Å². The van der Waals surface area contributed by atoms with Gasteiger partial charge >= 0.3 is 0 Å². The van der Waals surface area contributed by atoms with Gasteiger partial charge in [0, 0.05) is 42.6 Å². The molecule has 0 unspecified atom stereocenters. The molecule has 1 aliphatic heterocycles. The van der Waals surface area contributed by atoms with Crippen LogP contribution in [0.4, 0.5) is 17.3 Å². The number of carbonyl (C=O) groups excluding carboxylic acids is 1. The number of rotatable bonds is 0. The van der Waals surface area contributed by atoms with Crippen LogP contribution in [0, 0.1) is 0 Å². The fourth-order valence-corrected chi connectivity index (χ4v) is 3.40. The van der Waals surface area contributed by atoms with Crippen molar-refractivity contribution < 1.29 is 4.79 Å². The molecule has 1 amide bonds. The molecule has 2 aromatic carbocycles. The van der Waals surface area contributed by atoms with E-state index in [4.69, 9.17) is 0 Å². The summed E-state index contributed by atoms with van der Waals surface area (Å²) in [6.07, 6.45) is 7.10. The minimum absolute atomic E-state index is 0.00246. The average Bonchev–Trinajstić information content (AvgIpc) is 2.73. The minimum atomic E-state index is -0.00246. The Morgan fingerprint density at radius 1 is 0.967 bits per heavy atom. The zero-order valence-electron chi connectivity index (χ0n) is 17.0. The Morgan fingerprint density at radius 3 is 2.70 bits per heavy atom. The zero-order valence-corrected chi connectivity index (χ0v) is 17.0. The third-order valence-corrected chi connectivity index (χ3v) is 4.86. The van der Waals surface area contributed by atoms with Crippen molar-refractivity contribution in [3.05, 3.63) is 78.5 Å². The summed E-state index contributed by atoms with van der Waals surface area (Å²) in [5, 5.41) is 6.19. The molecule has 0 spiro atoms. The van der Waals surface area contributed by atoms with Crippen molar-refractivity contribution in [3.63, 3.8) is 0 Å². The number of nitrogens with zero attached hydrogens (tertiary/aromatic N) is 3. The maximum Gasteiger partial charge on any atom is 0.227 e. The summed E-state index contributed by atoms with van der Waals surface area (Å²) in [7, 11) is 2.09. The van der Waals surface area contributed by atoms with Gasteiger partial charge in [-0.05, 0) is 49.4 Å². The number of amides is 1. The van der Waals surface area contributed by atoms with Crippen LogP contribution in [0.1, 0.15) is 18.4 Å². The number of fused-ring (bicyclic) bond motifs is 7. The minimum Gasteiger partial charge on any atom is -0.326 e. The van der Waals surface area contributed by atoms with Crippen molar-refractivity contribution in [2.24, 2.45) is 0 Å². The van der Waals surface area contributed by atoms with Crippen LogP contribution in [0.15, 0.2) is 72.9 Å². The quantitative estimate of drug-likeness (QED) is 0.540. The molecule has 0 atom stereocenters. The van der Waals surface area contributed by atoms with E-state index in [2.05, 4.69) is 69.0 Å². The van der Waals surface area contributed by atoms with E-state index in [1.807, 2.05) is 30.3 Å². The van der Waals surface area contributed by atoms with Crippen molar-refractivity contribution in [2.75, 3.05) is 24.2 Å². The van der Waals surface area contributed by atoms with E-state index >= 15 is 0 Å². The largest absolute Gasteiger partial charge is 0.326 e. The summed E-state index contributed by atoms with van der Waals surface area (Å²) in [4.78, 5) is 23.5. The molecule has 4 rings (SSSR count). The fraction of sp³-hybridized carbons (Fsp3) is 0.208. The van der Waals surface area contributed by atoms with Crippen LogP contribution in [-0.4, -0.2) is 34.4 Å². The van der Waals surface area contributed by atoms with Gasteiger partial charge in [0.15, 0.2) is 0 Å². The number of aromatic nitrogens is 2. The van der Waals surface area contributed by atoms with Crippen LogP contribution >= 0.6 is 0 Å². The van der Waals surface area contributed by atoms with Gasteiger partial charge in [0.05, 0.1) is 5.69 Å². The third kappa shape index (κ3) is 5.30. The highest BCUT2D eigenvalue weighted by atomic mass is 16.1. The Hall–Kier alpha value is -3.51. The molecule has 2 heterocycles. The van der Waals surface area contributed by atoms with Gasteiger partial charge in [-0.3, -0.25) is 9.69 Å². The maximum atomic E-state index is 12.2. The van der Waals surface area contributed by atoms with E-state index in [-0.39, 0.29) is 5.91 Å². The summed E-state index contributed by atoms with van der Waals surface area (Å²) in [6, 6.07) is 17.9. The normalized spacial score (nSPS) is 16.4. The average molecular weight is 399 g/mol. The predicted molar refractivity (Wildman–Crippen MR) is 121 cm³/mol. The first-order valence-electron chi connectivity index (χ1n) is 10.1. The second-order valence-corrected chi connectivity index (χ2v) is 7.43. The summed E-state index contributed by atoms with van der Waals surface area (Å²) in [5.41, 5.74) is 4.70. The molecule has 2 N–H and O–H groups in total. The van der Waals surface area contributed by atoms with Crippen molar-refractivity contribution >= 4 is 23.2 Å². The molecule has 0 aliphatic carbocycles. The predicted octanol–water partition coefficient (Wildman–Crippen LogP) is 4.61. The van der Waals surface area contributed by atoms with E-state index in [9.17, 15) is 4.79 Å². The van der Waals surface area contributed by atoms with Crippen LogP contribution in [0.3, 0.4) is 0 Å². The highest BCUT2D eigenvalue weighted by Gasteiger charge is 2.07. The molecule has 0 fully saturated rings. The molecule has 1 aliphatic rings. The molecule has 1 aromatic heterocycles. The topological polar surface area (TPSA) is 70.2 Å². The van der Waals surface area contributed by atoms with Crippen LogP contribution < -0.4 is 10.6 Å². The van der Waals surface area contributed by atoms with Gasteiger partial charge < -0.3 is 10.6 Å². The zero-order chi connectivity index (χ0) is 20.8. The van der Waals surface area contributed by atoms with Gasteiger partial charge in [-0.2, -0.15) is 0 Å². The number of nitrogens with one attached hydrogen (secondary N) is 2. The molecule has 6 heteroatoms. The standard InChI is InChI=1S/C24H25N5O/c1-29-14-4-2-3-11-23(30)26-20-9-6-10-21(16-20)27-24-25-13-12-22(28-24)19-8-5-7-18(15-19)17-29/h2,4-10,12-13,15-16H,3,11,14,17H2,1H3,(H,26,30)(H,25,27,28)/b4-2+. The van der Waals surface area contributed by atoms with Gasteiger partial charge in [0.2, 0.25) is 11.9 Å². The SMILES string of the molecule is CN1C/C=C/CCC(=O)Nc2cccc(c2)Nc2nccc(n2)-c2cccc(c2)C1. The monoisotopic (exact) mass is 399 g/mol. The van der Waals surface area contributed by atoms with Crippen LogP contribution in [-0.2, 0) is 11.3 Å². The highest BCUT2D eigenvalue weighted by Crippen LogP contribution is 2.22. The number of anilines is 3. The Bertz CT molecular complexity index is 1060. The third-order valence-electron chi connectivity index (χ3n) is 4.86. The molecule has 0 radical (unpaired) electrons. The van der Waals surface area contributed by atoms with Crippen molar-refractivity contribution in [1.82, 2.24) is 14.9 Å². The number of hydrogen-bond donors (Lipinski definition) is 2. The number of carbonyl (C=O) groups is 1. The van der Waals surface area contributed by atoms with Gasteiger partial charge in [0.1, 0.15) is 0 Å². The van der Waals surface area contributed by atoms with Crippen LogP contribution in [0.5, 0.6) is 0 Å². The lowest BCUT2D eigenvalue weighted by atomic mass is 10.1. The second kappa shape index (κ2) is 9.33. The van der Waals surface area contributed by atoms with Gasteiger partial charge in [-0.1, -0.05) is 36.4 Å². The lowest BCUT2D eigenvalue weighted by molar-refractivity contribution is -0.116. The van der Waals surface area contributed by atoms with E-state index in [1.165, 1.54) is 5.56 Å². The van der Waals surface area contributed by atoms with E-state index in [1.54, 1.807) is 6.20 Å². The lowest BCUT2D eigenvalue weighted by Gasteiger charge is -2.15. The first-order valence-corrected chi connectivity index (χ1v) is 10.1. The summed E-state index contributed by atoms with van der Waals surface area (Å²) in [6.45, 7) is 1.66. The molecular formula is C24H25N5O. The Labute approximate surface area is 176 Å². The van der Waals surface area contributed by atoms with Gasteiger partial charge in [-0.25, -0.2) is 9.97 Å². The van der Waals surface area contributed by atoms with Crippen molar-refractivity contribution in [2.45, 2.75) is 19.4 Å². The molecule has 6 bridgehead atoms. The smallest absolute Gasteiger partial charge is 0.227 e. The molecule has 30 heavy (non-hydrogen) atoms. The molecular weight excluding hydrogens is 374 g/mol. The Balaban J connectivity index is 1.66. The molecule has 0 saturated carbocycles. The van der Waals surface area contributed by atoms with Gasteiger partial charge in [-0.15, -0.1) is 0 Å². The second-order valence-electron chi connectivity index (χ2n) is 7.43. The fourth-order valence-electron chi connectivity index (χ4n) is 3.40. The number of hydrogen-bond acceptors (Lipinski definition) is 5. The lowest BCUT2D eigenvalue weighted by Crippen LogP contribution is -2.17. The Morgan fingerprint density at radius 2 is 1.80 bits per heavy atom. The van der Waals surface area contributed by atoms with Crippen LogP contribution in [0.25, 0.3) is 11.3 Å². The maximum absolute atomic E-state index is 12.2. The van der Waals surface area contributed by atoms with E-state index in [0.29, 0.717) is 18.8 Å². The van der Waals surface area contributed by atoms with Crippen molar-refractivity contribution in [3.8, 4) is 11.3 Å². The number of allylic oxidation sites excluding steroid dienone is 1. The summed E-state index contributed by atoms with van der Waals surface area (Å²) < 4.78 is 0. The summed E-state index contributed by atoms with van der Waals surface area (Å²) in [5.74, 6) is 0.512. The first kappa shape index (κ1) is 19.8. The first-order chi connectivity index (χ1) is 14.7. The number of likely N-dealkylation sites (N-methyl/N-ethyl adjacent to an activating group) is 1. The molecule has 6 nitrogen and oxygen atoms in total. The molecule has 152 valence electrons. The van der Waals surface area contributed by atoms with Crippen molar-refractivity contribution in [1.29, 1.82) is 0 Å². The molecule has 0 saturated heterocycles. The number of benzene rings is 2. The Kier molecular flexibility index (Phi) is 6.15. The molecule has 3 aromatic rings. The summed E-state index contributed by atoms with van der Waals surface area (Å²) >= 11 is 0. The van der Waals surface area contributed by atoms with Gasteiger partial charge in [0.25, 0.3) is 0 Å². The van der Waals surface area contributed by atoms with Crippen LogP contribution in [0.2, 0.25) is 0 Å². The van der Waals surface area contributed by atoms with E-state index in [0.717, 1.165) is 35.7 Å². The highest BCUT2D eigenvalue weighted by molar-refractivity contribution is 5.91.